The smallest absolute Gasteiger partial charge is 0.328 e. The summed E-state index contributed by atoms with van der Waals surface area (Å²) < 4.78 is 14.2. The monoisotopic (exact) mass is 292 g/mol. The van der Waals surface area contributed by atoms with Crippen LogP contribution in [-0.2, 0) is 9.59 Å². The number of carboxylic acids is 1. The molecule has 6 heteroatoms. The molecule has 0 bridgehead atoms. The summed E-state index contributed by atoms with van der Waals surface area (Å²) in [5, 5.41) is 11.3. The predicted molar refractivity (Wildman–Crippen MR) is 77.5 cm³/mol. The second-order valence-electron chi connectivity index (χ2n) is 4.79. The zero-order valence-corrected chi connectivity index (χ0v) is 11.7. The third-order valence-electron chi connectivity index (χ3n) is 3.42. The number of carbonyl (C=O) groups is 2. The molecule has 2 N–H and O–H groups in total. The number of halogens is 1. The first kappa shape index (κ1) is 15.0. The Balaban J connectivity index is 2.27. The topological polar surface area (TPSA) is 69.6 Å². The SMILES string of the molecule is CCC1C(=O)NCCN1c1ccc(C=CC(=O)O)cc1F. The number of anilines is 1. The second kappa shape index (κ2) is 6.39. The van der Waals surface area contributed by atoms with Gasteiger partial charge in [-0.25, -0.2) is 9.18 Å². The molecule has 1 aromatic rings. The fourth-order valence-corrected chi connectivity index (χ4v) is 2.44. The van der Waals surface area contributed by atoms with Gasteiger partial charge >= 0.3 is 5.97 Å². The highest BCUT2D eigenvalue weighted by Crippen LogP contribution is 2.25. The van der Waals surface area contributed by atoms with E-state index in [0.717, 1.165) is 6.08 Å². The molecule has 0 spiro atoms. The lowest BCUT2D eigenvalue weighted by Crippen LogP contribution is -2.55. The van der Waals surface area contributed by atoms with Gasteiger partial charge in [0.25, 0.3) is 0 Å². The molecule has 0 aliphatic carbocycles. The van der Waals surface area contributed by atoms with Crippen molar-refractivity contribution in [1.29, 1.82) is 0 Å². The molecule has 1 fully saturated rings. The largest absolute Gasteiger partial charge is 0.478 e. The lowest BCUT2D eigenvalue weighted by atomic mass is 10.1. The second-order valence-corrected chi connectivity index (χ2v) is 4.79. The Bertz CT molecular complexity index is 586. The van der Waals surface area contributed by atoms with E-state index in [1.54, 1.807) is 17.0 Å². The minimum atomic E-state index is -1.08. The Morgan fingerprint density at radius 1 is 1.57 bits per heavy atom. The summed E-state index contributed by atoms with van der Waals surface area (Å²) in [6.07, 6.45) is 2.87. The molecule has 1 atom stereocenters. The number of hydrogen-bond donors (Lipinski definition) is 2. The summed E-state index contributed by atoms with van der Waals surface area (Å²) >= 11 is 0. The molecule has 0 aromatic heterocycles. The fraction of sp³-hybridized carbons (Fsp3) is 0.333. The van der Waals surface area contributed by atoms with Crippen LogP contribution in [0.2, 0.25) is 0 Å². The van der Waals surface area contributed by atoms with Crippen molar-refractivity contribution < 1.29 is 19.1 Å². The third-order valence-corrected chi connectivity index (χ3v) is 3.42. The van der Waals surface area contributed by atoms with Crippen LogP contribution >= 0.6 is 0 Å². The number of nitrogens with one attached hydrogen (secondary N) is 1. The van der Waals surface area contributed by atoms with Crippen LogP contribution in [0.3, 0.4) is 0 Å². The molecule has 5 nitrogen and oxygen atoms in total. The number of carboxylic acid groups (broad SMARTS) is 1. The number of carbonyl (C=O) groups excluding carboxylic acids is 1. The lowest BCUT2D eigenvalue weighted by molar-refractivity contribution is -0.131. The minimum Gasteiger partial charge on any atom is -0.478 e. The number of benzene rings is 1. The molecule has 0 radical (unpaired) electrons. The van der Waals surface area contributed by atoms with E-state index in [0.29, 0.717) is 30.8 Å². The fourth-order valence-electron chi connectivity index (χ4n) is 2.44. The van der Waals surface area contributed by atoms with Gasteiger partial charge in [-0.3, -0.25) is 4.79 Å². The number of nitrogens with zero attached hydrogens (tertiary/aromatic N) is 1. The summed E-state index contributed by atoms with van der Waals surface area (Å²) in [5.41, 5.74) is 0.831. The maximum atomic E-state index is 14.2. The number of hydrogen-bond acceptors (Lipinski definition) is 3. The van der Waals surface area contributed by atoms with E-state index in [1.807, 2.05) is 6.92 Å². The van der Waals surface area contributed by atoms with Crippen LogP contribution in [0.25, 0.3) is 6.08 Å². The van der Waals surface area contributed by atoms with Gasteiger partial charge in [0.05, 0.1) is 5.69 Å². The van der Waals surface area contributed by atoms with Crippen LogP contribution in [0.4, 0.5) is 10.1 Å². The van der Waals surface area contributed by atoms with Crippen molar-refractivity contribution in [3.63, 3.8) is 0 Å². The van der Waals surface area contributed by atoms with Gasteiger partial charge in [-0.15, -0.1) is 0 Å². The molecule has 1 heterocycles. The van der Waals surface area contributed by atoms with Crippen LogP contribution in [-0.4, -0.2) is 36.1 Å². The number of rotatable bonds is 4. The summed E-state index contributed by atoms with van der Waals surface area (Å²) in [4.78, 5) is 24.0. The maximum Gasteiger partial charge on any atom is 0.328 e. The molecule has 2 rings (SSSR count). The van der Waals surface area contributed by atoms with Gasteiger partial charge in [0.15, 0.2) is 0 Å². The number of amides is 1. The zero-order valence-electron chi connectivity index (χ0n) is 11.7. The molecular weight excluding hydrogens is 275 g/mol. The van der Waals surface area contributed by atoms with Crippen molar-refractivity contribution >= 4 is 23.6 Å². The Morgan fingerprint density at radius 2 is 2.33 bits per heavy atom. The van der Waals surface area contributed by atoms with E-state index < -0.39 is 11.8 Å². The lowest BCUT2D eigenvalue weighted by Gasteiger charge is -2.36. The van der Waals surface area contributed by atoms with Gasteiger partial charge in [-0.1, -0.05) is 13.0 Å². The predicted octanol–water partition coefficient (Wildman–Crippen LogP) is 1.64. The highest BCUT2D eigenvalue weighted by molar-refractivity contribution is 5.87. The van der Waals surface area contributed by atoms with Crippen molar-refractivity contribution in [3.8, 4) is 0 Å². The van der Waals surface area contributed by atoms with Gasteiger partial charge in [0.2, 0.25) is 5.91 Å². The summed E-state index contributed by atoms with van der Waals surface area (Å²) in [5.74, 6) is -1.65. The molecule has 1 aliphatic heterocycles. The van der Waals surface area contributed by atoms with Crippen LogP contribution in [0.5, 0.6) is 0 Å². The third kappa shape index (κ3) is 3.39. The first-order chi connectivity index (χ1) is 10.0. The molecule has 0 saturated carbocycles. The number of aliphatic carboxylic acids is 1. The highest BCUT2D eigenvalue weighted by Gasteiger charge is 2.29. The quantitative estimate of drug-likeness (QED) is 0.828. The van der Waals surface area contributed by atoms with E-state index in [2.05, 4.69) is 5.32 Å². The molecule has 21 heavy (non-hydrogen) atoms. The number of piperazine rings is 1. The Hall–Kier alpha value is -2.37. The van der Waals surface area contributed by atoms with E-state index in [9.17, 15) is 14.0 Å². The van der Waals surface area contributed by atoms with Gasteiger partial charge in [0.1, 0.15) is 11.9 Å². The van der Waals surface area contributed by atoms with Gasteiger partial charge in [0, 0.05) is 19.2 Å². The van der Waals surface area contributed by atoms with Crippen LogP contribution < -0.4 is 10.2 Å². The average Bonchev–Trinajstić information content (AvgIpc) is 2.45. The van der Waals surface area contributed by atoms with E-state index in [-0.39, 0.29) is 11.9 Å². The normalized spacial score (nSPS) is 18.9. The van der Waals surface area contributed by atoms with E-state index in [1.165, 1.54) is 12.1 Å². The van der Waals surface area contributed by atoms with Gasteiger partial charge in [-0.2, -0.15) is 0 Å². The van der Waals surface area contributed by atoms with Crippen molar-refractivity contribution in [2.75, 3.05) is 18.0 Å². The molecule has 1 unspecified atom stereocenters. The molecule has 112 valence electrons. The maximum absolute atomic E-state index is 14.2. The van der Waals surface area contributed by atoms with E-state index >= 15 is 0 Å². The van der Waals surface area contributed by atoms with Crippen LogP contribution in [0.1, 0.15) is 18.9 Å². The zero-order chi connectivity index (χ0) is 15.4. The van der Waals surface area contributed by atoms with Crippen molar-refractivity contribution in [3.05, 3.63) is 35.7 Å². The summed E-state index contributed by atoms with van der Waals surface area (Å²) in [6, 6.07) is 4.11. The van der Waals surface area contributed by atoms with Crippen molar-refractivity contribution in [2.24, 2.45) is 0 Å². The van der Waals surface area contributed by atoms with Crippen LogP contribution in [0.15, 0.2) is 24.3 Å². The first-order valence-electron chi connectivity index (χ1n) is 6.78. The molecule has 1 amide bonds. The Morgan fingerprint density at radius 3 is 2.95 bits per heavy atom. The molecule has 1 aromatic carbocycles. The van der Waals surface area contributed by atoms with Crippen molar-refractivity contribution in [2.45, 2.75) is 19.4 Å². The summed E-state index contributed by atoms with van der Waals surface area (Å²) in [6.45, 7) is 2.91. The summed E-state index contributed by atoms with van der Waals surface area (Å²) in [7, 11) is 0. The highest BCUT2D eigenvalue weighted by atomic mass is 19.1. The van der Waals surface area contributed by atoms with Gasteiger partial charge < -0.3 is 15.3 Å². The van der Waals surface area contributed by atoms with Crippen molar-refractivity contribution in [1.82, 2.24) is 5.32 Å². The first-order valence-corrected chi connectivity index (χ1v) is 6.78. The average molecular weight is 292 g/mol. The molecular formula is C15H17FN2O3. The molecule has 1 saturated heterocycles. The van der Waals surface area contributed by atoms with Gasteiger partial charge in [-0.05, 0) is 30.2 Å². The Labute approximate surface area is 122 Å². The van der Waals surface area contributed by atoms with E-state index in [4.69, 9.17) is 5.11 Å². The van der Waals surface area contributed by atoms with Crippen LogP contribution in [0, 0.1) is 5.82 Å². The standard InChI is InChI=1S/C15H17FN2O3/c1-2-12-15(21)17-7-8-18(12)13-5-3-10(9-11(13)16)4-6-14(19)20/h3-6,9,12H,2,7-8H2,1H3,(H,17,21)(H,19,20). The molecule has 1 aliphatic rings. The Kier molecular flexibility index (Phi) is 4.57. The minimum absolute atomic E-state index is 0.0991.